The number of rotatable bonds is 4. The van der Waals surface area contributed by atoms with Gasteiger partial charge in [-0.3, -0.25) is 9.59 Å². The second-order valence-electron chi connectivity index (χ2n) is 4.25. The van der Waals surface area contributed by atoms with E-state index in [0.29, 0.717) is 0 Å². The van der Waals surface area contributed by atoms with Crippen LogP contribution in [0.5, 0.6) is 0 Å². The Hall–Kier alpha value is -2.76. The molecule has 0 unspecified atom stereocenters. The first-order chi connectivity index (χ1) is 10.8. The molecular weight excluding hydrogens is 277 g/mol. The largest absolute Gasteiger partial charge is 0.510 e. The zero-order valence-electron chi connectivity index (χ0n) is 12.8. The summed E-state index contributed by atoms with van der Waals surface area (Å²) in [7, 11) is 0. The van der Waals surface area contributed by atoms with Crippen molar-refractivity contribution in [3.05, 3.63) is 53.2 Å². The van der Waals surface area contributed by atoms with Crippen molar-refractivity contribution in [2.24, 2.45) is 4.99 Å². The number of carboxylic acid groups (broad SMARTS) is 1. The predicted molar refractivity (Wildman–Crippen MR) is 74.4 cm³/mol. The van der Waals surface area contributed by atoms with Crippen LogP contribution in [0.3, 0.4) is 0 Å². The smallest absolute Gasteiger partial charge is 0.303 e. The van der Waals surface area contributed by atoms with Crippen molar-refractivity contribution < 1.29 is 26.9 Å². The van der Waals surface area contributed by atoms with Gasteiger partial charge in [0, 0.05) is 18.2 Å². The van der Waals surface area contributed by atoms with Crippen LogP contribution in [0, 0.1) is 5.82 Å². The number of aliphatic carboxylic acids is 1. The number of carboxylic acids is 1. The summed E-state index contributed by atoms with van der Waals surface area (Å²) in [5.41, 5.74) is -0.521. The molecule has 0 aromatic heterocycles. The Kier molecular flexibility index (Phi) is 3.51. The van der Waals surface area contributed by atoms with Gasteiger partial charge in [0.2, 0.25) is 5.78 Å². The fourth-order valence-corrected chi connectivity index (χ4v) is 1.68. The third-order valence-corrected chi connectivity index (χ3v) is 2.70. The first-order valence-electron chi connectivity index (χ1n) is 7.02. The molecule has 1 heterocycles. The number of halogens is 1. The molecule has 0 bridgehead atoms. The van der Waals surface area contributed by atoms with E-state index in [2.05, 4.69) is 4.99 Å². The maximum Gasteiger partial charge on any atom is 0.303 e. The van der Waals surface area contributed by atoms with Gasteiger partial charge in [0.05, 0.1) is 9.16 Å². The van der Waals surface area contributed by atoms with Crippen LogP contribution in [0.2, 0.25) is 0 Å². The molecule has 0 saturated carbocycles. The Bertz CT molecular complexity index is 783. The third kappa shape index (κ3) is 3.62. The van der Waals surface area contributed by atoms with Crippen molar-refractivity contribution in [2.75, 3.05) is 0 Å². The van der Waals surface area contributed by atoms with E-state index in [1.807, 2.05) is 0 Å². The number of benzene rings is 1. The van der Waals surface area contributed by atoms with Gasteiger partial charge in [-0.1, -0.05) is 12.1 Å². The normalized spacial score (nSPS) is 18.9. The summed E-state index contributed by atoms with van der Waals surface area (Å²) in [4.78, 5) is 26.3. The Balaban J connectivity index is 2.44. The van der Waals surface area contributed by atoms with Gasteiger partial charge in [-0.15, -0.1) is 0 Å². The van der Waals surface area contributed by atoms with Gasteiger partial charge >= 0.3 is 5.97 Å². The van der Waals surface area contributed by atoms with Crippen LogP contribution < -0.4 is 0 Å². The molecule has 0 aliphatic carbocycles. The number of allylic oxidation sites excluding steroid dienone is 3. The summed E-state index contributed by atoms with van der Waals surface area (Å²) in [6, 6.07) is 4.46. The maximum atomic E-state index is 13.3. The van der Waals surface area contributed by atoms with Crippen LogP contribution in [0.25, 0.3) is 5.57 Å². The van der Waals surface area contributed by atoms with Crippen LogP contribution in [0.15, 0.2) is 46.8 Å². The van der Waals surface area contributed by atoms with Gasteiger partial charge in [0.1, 0.15) is 17.3 Å². The zero-order chi connectivity index (χ0) is 17.1. The highest BCUT2D eigenvalue weighted by molar-refractivity contribution is 6.23. The fraction of sp³-hybridized carbons (Fsp3) is 0.133. The molecule has 2 N–H and O–H groups in total. The minimum Gasteiger partial charge on any atom is -0.510 e. The van der Waals surface area contributed by atoms with E-state index < -0.39 is 47.7 Å². The van der Waals surface area contributed by atoms with Crippen LogP contribution in [0.1, 0.15) is 21.1 Å². The SMILES string of the molecule is [2H]C1=NC(=C(O)CCC(=O)O)C(=O)C([2H])=C1c1cccc(F)c1. The molecule has 0 fully saturated rings. The lowest BCUT2D eigenvalue weighted by atomic mass is 10.0. The minimum atomic E-state index is -1.17. The Morgan fingerprint density at radius 3 is 2.76 bits per heavy atom. The van der Waals surface area contributed by atoms with E-state index in [4.69, 9.17) is 7.85 Å². The molecule has 5 nitrogen and oxygen atoms in total. The molecule has 6 heteroatoms. The van der Waals surface area contributed by atoms with Gasteiger partial charge < -0.3 is 10.2 Å². The van der Waals surface area contributed by atoms with Gasteiger partial charge in [-0.05, 0) is 23.7 Å². The van der Waals surface area contributed by atoms with Crippen molar-refractivity contribution in [1.29, 1.82) is 0 Å². The summed E-state index contributed by atoms with van der Waals surface area (Å²) >= 11 is 0. The fourth-order valence-electron chi connectivity index (χ4n) is 1.68. The highest BCUT2D eigenvalue weighted by atomic mass is 19.1. The van der Waals surface area contributed by atoms with E-state index in [1.54, 1.807) is 0 Å². The molecule has 1 aromatic rings. The topological polar surface area (TPSA) is 87.0 Å². The highest BCUT2D eigenvalue weighted by Crippen LogP contribution is 2.21. The lowest BCUT2D eigenvalue weighted by Crippen LogP contribution is -2.09. The average molecular weight is 291 g/mol. The van der Waals surface area contributed by atoms with Crippen molar-refractivity contribution >= 4 is 23.5 Å². The monoisotopic (exact) mass is 291 g/mol. The van der Waals surface area contributed by atoms with Crippen LogP contribution in [-0.2, 0) is 9.59 Å². The number of aliphatic hydroxyl groups excluding tert-OH is 1. The van der Waals surface area contributed by atoms with Gasteiger partial charge in [0.25, 0.3) is 0 Å². The summed E-state index contributed by atoms with van der Waals surface area (Å²) in [5, 5.41) is 18.3. The standard InChI is InChI=1S/C15H12FNO4/c16-11-3-1-2-9(6-11)10-7-13(19)15(17-8-10)12(18)4-5-14(20)21/h1-3,6-8,18H,4-5H2,(H,20,21)/i7D,8D. The molecule has 2 rings (SSSR count). The number of nitrogens with zero attached hydrogens (tertiary/aromatic N) is 1. The molecule has 1 aliphatic rings. The predicted octanol–water partition coefficient (Wildman–Crippen LogP) is 2.50. The number of dihydropyridines is 1. The van der Waals surface area contributed by atoms with E-state index in [1.165, 1.54) is 18.2 Å². The van der Waals surface area contributed by atoms with Crippen molar-refractivity contribution in [3.8, 4) is 0 Å². The van der Waals surface area contributed by atoms with Gasteiger partial charge in [-0.25, -0.2) is 9.38 Å². The number of hydrogen-bond acceptors (Lipinski definition) is 4. The first-order valence-corrected chi connectivity index (χ1v) is 6.02. The number of carbonyl (C=O) groups is 2. The number of carbonyl (C=O) groups excluding carboxylic acids is 1. The zero-order valence-corrected chi connectivity index (χ0v) is 10.8. The Morgan fingerprint density at radius 2 is 2.10 bits per heavy atom. The molecule has 108 valence electrons. The van der Waals surface area contributed by atoms with E-state index in [-0.39, 0.29) is 17.6 Å². The molecule has 0 atom stereocenters. The summed E-state index contributed by atoms with van der Waals surface area (Å²) in [5.74, 6) is -3.29. The summed E-state index contributed by atoms with van der Waals surface area (Å²) < 4.78 is 29.0. The second kappa shape index (κ2) is 6.13. The van der Waals surface area contributed by atoms with E-state index >= 15 is 0 Å². The van der Waals surface area contributed by atoms with Crippen LogP contribution in [-0.4, -0.2) is 28.2 Å². The molecule has 0 spiro atoms. The van der Waals surface area contributed by atoms with E-state index in [9.17, 15) is 19.1 Å². The maximum absolute atomic E-state index is 13.3. The summed E-state index contributed by atoms with van der Waals surface area (Å²) in [6.07, 6.45) is -1.23. The van der Waals surface area contributed by atoms with Crippen LogP contribution >= 0.6 is 0 Å². The van der Waals surface area contributed by atoms with Crippen LogP contribution in [0.4, 0.5) is 4.39 Å². The molecule has 0 radical (unpaired) electrons. The third-order valence-electron chi connectivity index (χ3n) is 2.70. The van der Waals surface area contributed by atoms with Gasteiger partial charge in [0.15, 0.2) is 0 Å². The minimum absolute atomic E-state index is 0.149. The molecule has 0 amide bonds. The van der Waals surface area contributed by atoms with Crippen molar-refractivity contribution in [3.63, 3.8) is 0 Å². The Labute approximate surface area is 122 Å². The second-order valence-corrected chi connectivity index (χ2v) is 4.25. The van der Waals surface area contributed by atoms with Gasteiger partial charge in [-0.2, -0.15) is 0 Å². The summed E-state index contributed by atoms with van der Waals surface area (Å²) in [6.45, 7) is 0. The number of hydrogen-bond donors (Lipinski definition) is 2. The molecular formula is C15H12FNO4. The molecule has 21 heavy (non-hydrogen) atoms. The lowest BCUT2D eigenvalue weighted by Gasteiger charge is -2.10. The van der Waals surface area contributed by atoms with Crippen molar-refractivity contribution in [2.45, 2.75) is 12.8 Å². The first kappa shape index (κ1) is 12.0. The quantitative estimate of drug-likeness (QED) is 0.659. The molecule has 0 saturated heterocycles. The number of aliphatic imine (C=N–C) groups is 1. The number of ketones is 1. The molecule has 1 aromatic carbocycles. The van der Waals surface area contributed by atoms with E-state index in [0.717, 1.165) is 6.07 Å². The average Bonchev–Trinajstić information content (AvgIpc) is 2.48. The Morgan fingerprint density at radius 1 is 1.33 bits per heavy atom. The number of aliphatic hydroxyl groups is 1. The van der Waals surface area contributed by atoms with Crippen molar-refractivity contribution in [1.82, 2.24) is 0 Å². The molecule has 1 aliphatic heterocycles. The lowest BCUT2D eigenvalue weighted by molar-refractivity contribution is -0.137. The highest BCUT2D eigenvalue weighted by Gasteiger charge is 2.18.